The molecule has 0 fully saturated rings. The van der Waals surface area contributed by atoms with Gasteiger partial charge in [0.25, 0.3) is 5.82 Å². The zero-order valence-electron chi connectivity index (χ0n) is 13.0. The molecule has 1 rings (SSSR count). The van der Waals surface area contributed by atoms with Crippen molar-refractivity contribution in [2.45, 2.75) is 78.3 Å². The number of rotatable bonds is 11. The fraction of sp³-hybridized carbons (Fsp3) is 0.750. The molecule has 0 unspecified atom stereocenters. The summed E-state index contributed by atoms with van der Waals surface area (Å²) in [6, 6.07) is 0. The molecule has 1 heterocycles. The van der Waals surface area contributed by atoms with E-state index in [0.717, 1.165) is 19.4 Å². The molecule has 0 aliphatic rings. The molecule has 1 aromatic heterocycles. The van der Waals surface area contributed by atoms with E-state index in [2.05, 4.69) is 29.2 Å². The van der Waals surface area contributed by atoms with Crippen molar-refractivity contribution in [1.29, 1.82) is 0 Å². The summed E-state index contributed by atoms with van der Waals surface area (Å²) in [6.07, 6.45) is 12.8. The van der Waals surface area contributed by atoms with Crippen LogP contribution in [0, 0.1) is 0 Å². The molecule has 20 heavy (non-hydrogen) atoms. The predicted molar refractivity (Wildman–Crippen MR) is 79.6 cm³/mol. The van der Waals surface area contributed by atoms with Gasteiger partial charge < -0.3 is 5.11 Å². The van der Waals surface area contributed by atoms with Crippen molar-refractivity contribution in [3.63, 3.8) is 0 Å². The molecule has 0 aliphatic heterocycles. The Morgan fingerprint density at radius 2 is 1.95 bits per heavy atom. The predicted octanol–water partition coefficient (Wildman–Crippen LogP) is 3.17. The summed E-state index contributed by atoms with van der Waals surface area (Å²) in [5, 5.41) is 8.83. The third-order valence-corrected chi connectivity index (χ3v) is 3.62. The van der Waals surface area contributed by atoms with Crippen LogP contribution < -0.4 is 4.57 Å². The molecule has 0 spiro atoms. The Kier molecular flexibility index (Phi) is 8.00. The SMILES string of the molecule is CCCCCCCc1n(CCC(=O)O)cc[n+]1CCC. The number of carbonyl (C=O) groups is 1. The molecule has 0 amide bonds. The van der Waals surface area contributed by atoms with E-state index >= 15 is 0 Å². The molecule has 4 heteroatoms. The molecule has 0 aliphatic carbocycles. The van der Waals surface area contributed by atoms with E-state index in [1.165, 1.54) is 37.9 Å². The zero-order valence-corrected chi connectivity index (χ0v) is 13.0. The van der Waals surface area contributed by atoms with Gasteiger partial charge in [-0.3, -0.25) is 4.79 Å². The molecule has 0 bridgehead atoms. The second-order valence-electron chi connectivity index (χ2n) is 5.41. The van der Waals surface area contributed by atoms with Gasteiger partial charge in [0.15, 0.2) is 0 Å². The Morgan fingerprint density at radius 3 is 2.60 bits per heavy atom. The third-order valence-electron chi connectivity index (χ3n) is 3.62. The fourth-order valence-corrected chi connectivity index (χ4v) is 2.54. The first kappa shape index (κ1) is 16.7. The van der Waals surface area contributed by atoms with Crippen molar-refractivity contribution in [2.75, 3.05) is 0 Å². The third kappa shape index (κ3) is 5.76. The summed E-state index contributed by atoms with van der Waals surface area (Å²) in [6.45, 7) is 6.00. The van der Waals surface area contributed by atoms with Crippen molar-refractivity contribution in [1.82, 2.24) is 4.57 Å². The summed E-state index contributed by atoms with van der Waals surface area (Å²) in [5.41, 5.74) is 0. The van der Waals surface area contributed by atoms with Crippen LogP contribution in [-0.4, -0.2) is 15.6 Å². The van der Waals surface area contributed by atoms with E-state index in [1.807, 2.05) is 6.20 Å². The van der Waals surface area contributed by atoms with E-state index in [4.69, 9.17) is 5.11 Å². The summed E-state index contributed by atoms with van der Waals surface area (Å²) in [7, 11) is 0. The van der Waals surface area contributed by atoms with Crippen LogP contribution in [-0.2, 0) is 24.3 Å². The maximum atomic E-state index is 10.7. The van der Waals surface area contributed by atoms with Gasteiger partial charge in [-0.25, -0.2) is 9.13 Å². The molecule has 4 nitrogen and oxygen atoms in total. The lowest BCUT2D eigenvalue weighted by atomic mass is 10.1. The molecule has 1 aromatic rings. The number of carboxylic acid groups (broad SMARTS) is 1. The Morgan fingerprint density at radius 1 is 1.20 bits per heavy atom. The molecular weight excluding hydrogens is 252 g/mol. The second kappa shape index (κ2) is 9.56. The molecule has 114 valence electrons. The number of nitrogens with zero attached hydrogens (tertiary/aromatic N) is 2. The van der Waals surface area contributed by atoms with E-state index in [0.29, 0.717) is 6.54 Å². The maximum absolute atomic E-state index is 10.7. The van der Waals surface area contributed by atoms with Crippen LogP contribution in [0.3, 0.4) is 0 Å². The number of carboxylic acids is 1. The topological polar surface area (TPSA) is 46.1 Å². The number of unbranched alkanes of at least 4 members (excludes halogenated alkanes) is 4. The van der Waals surface area contributed by atoms with Gasteiger partial charge in [0.2, 0.25) is 0 Å². The fourth-order valence-electron chi connectivity index (χ4n) is 2.54. The number of aromatic nitrogens is 2. The minimum absolute atomic E-state index is 0.198. The summed E-state index contributed by atoms with van der Waals surface area (Å²) in [5.74, 6) is 0.555. The van der Waals surface area contributed by atoms with E-state index in [9.17, 15) is 4.79 Å². The van der Waals surface area contributed by atoms with Crippen LogP contribution >= 0.6 is 0 Å². The van der Waals surface area contributed by atoms with E-state index in [-0.39, 0.29) is 6.42 Å². The van der Waals surface area contributed by atoms with Gasteiger partial charge in [-0.2, -0.15) is 0 Å². The van der Waals surface area contributed by atoms with Crippen LogP contribution in [0.1, 0.15) is 64.6 Å². The largest absolute Gasteiger partial charge is 0.481 e. The molecule has 0 aromatic carbocycles. The summed E-state index contributed by atoms with van der Waals surface area (Å²) >= 11 is 0. The van der Waals surface area contributed by atoms with Gasteiger partial charge in [-0.1, -0.05) is 39.5 Å². The van der Waals surface area contributed by atoms with Crippen molar-refractivity contribution in [3.05, 3.63) is 18.2 Å². The quantitative estimate of drug-likeness (QED) is 0.500. The molecule has 0 saturated heterocycles. The highest BCUT2D eigenvalue weighted by Gasteiger charge is 2.16. The van der Waals surface area contributed by atoms with Crippen molar-refractivity contribution in [3.8, 4) is 0 Å². The minimum Gasteiger partial charge on any atom is -0.481 e. The lowest BCUT2D eigenvalue weighted by molar-refractivity contribution is -0.703. The molecule has 1 N–H and O–H groups in total. The first-order valence-electron chi connectivity index (χ1n) is 7.98. The molecule has 0 radical (unpaired) electrons. The monoisotopic (exact) mass is 281 g/mol. The van der Waals surface area contributed by atoms with E-state index < -0.39 is 5.97 Å². The van der Waals surface area contributed by atoms with Crippen LogP contribution in [0.2, 0.25) is 0 Å². The van der Waals surface area contributed by atoms with E-state index in [1.54, 1.807) is 0 Å². The van der Waals surface area contributed by atoms with Crippen LogP contribution in [0.4, 0.5) is 0 Å². The minimum atomic E-state index is -0.727. The number of hydrogen-bond acceptors (Lipinski definition) is 1. The van der Waals surface area contributed by atoms with Gasteiger partial charge in [-0.15, -0.1) is 0 Å². The molecule has 0 atom stereocenters. The van der Waals surface area contributed by atoms with Crippen molar-refractivity contribution < 1.29 is 14.5 Å². The smallest absolute Gasteiger partial charge is 0.307 e. The average molecular weight is 281 g/mol. The van der Waals surface area contributed by atoms with Crippen LogP contribution in [0.5, 0.6) is 0 Å². The number of aliphatic carboxylic acids is 1. The summed E-state index contributed by atoms with van der Waals surface area (Å²) < 4.78 is 4.39. The highest BCUT2D eigenvalue weighted by Crippen LogP contribution is 2.08. The highest BCUT2D eigenvalue weighted by atomic mass is 16.4. The maximum Gasteiger partial charge on any atom is 0.307 e. The number of hydrogen-bond donors (Lipinski definition) is 1. The van der Waals surface area contributed by atoms with Gasteiger partial charge >= 0.3 is 5.97 Å². The van der Waals surface area contributed by atoms with Crippen molar-refractivity contribution in [2.24, 2.45) is 0 Å². The van der Waals surface area contributed by atoms with Gasteiger partial charge in [0.05, 0.1) is 13.0 Å². The van der Waals surface area contributed by atoms with Gasteiger partial charge in [-0.05, 0) is 12.8 Å². The molecule has 0 saturated carbocycles. The highest BCUT2D eigenvalue weighted by molar-refractivity contribution is 5.66. The average Bonchev–Trinajstić information content (AvgIpc) is 2.79. The number of aryl methyl sites for hydroxylation is 2. The van der Waals surface area contributed by atoms with Crippen LogP contribution in [0.15, 0.2) is 12.4 Å². The Labute approximate surface area is 122 Å². The standard InChI is InChI=1S/C16H28N2O2/c1-3-5-6-7-8-9-15-17(11-4-2)13-14-18(15)12-10-16(19)20/h13-14H,3-12H2,1-2H3/p+1. The van der Waals surface area contributed by atoms with Crippen LogP contribution in [0.25, 0.3) is 0 Å². The lowest BCUT2D eigenvalue weighted by Gasteiger charge is -2.04. The lowest BCUT2D eigenvalue weighted by Crippen LogP contribution is -2.37. The van der Waals surface area contributed by atoms with Crippen molar-refractivity contribution >= 4 is 5.97 Å². The molecular formula is C16H29N2O2+. The Balaban J connectivity index is 2.57. The first-order chi connectivity index (χ1) is 9.69. The first-order valence-corrected chi connectivity index (χ1v) is 7.98. The zero-order chi connectivity index (χ0) is 14.8. The normalized spacial score (nSPS) is 10.9. The Hall–Kier alpha value is -1.32. The van der Waals surface area contributed by atoms with Gasteiger partial charge in [0.1, 0.15) is 18.9 Å². The Bertz CT molecular complexity index is 399. The number of imidazole rings is 1. The summed E-state index contributed by atoms with van der Waals surface area (Å²) in [4.78, 5) is 10.7. The van der Waals surface area contributed by atoms with Gasteiger partial charge in [0, 0.05) is 6.42 Å². The second-order valence-corrected chi connectivity index (χ2v) is 5.41.